The van der Waals surface area contributed by atoms with E-state index in [1.54, 1.807) is 13.1 Å². The molecule has 4 heteroatoms. The number of allylic oxidation sites excluding steroid dienone is 6. The highest BCUT2D eigenvalue weighted by Gasteiger charge is 2.07. The van der Waals surface area contributed by atoms with Gasteiger partial charge in [0, 0.05) is 18.8 Å². The van der Waals surface area contributed by atoms with Crippen LogP contribution >= 0.6 is 0 Å². The van der Waals surface area contributed by atoms with Crippen LogP contribution in [0.1, 0.15) is 20.8 Å². The van der Waals surface area contributed by atoms with Gasteiger partial charge in [-0.2, -0.15) is 5.26 Å². The average molecular weight is 244 g/mol. The second kappa shape index (κ2) is 7.91. The van der Waals surface area contributed by atoms with Crippen LogP contribution in [0.2, 0.25) is 0 Å². The van der Waals surface area contributed by atoms with Crippen molar-refractivity contribution in [2.45, 2.75) is 20.8 Å². The molecular weight excluding hydrogens is 224 g/mol. The third-order valence-electron chi connectivity index (χ3n) is 2.38. The predicted octanol–water partition coefficient (Wildman–Crippen LogP) is 2.40. The first-order valence-electron chi connectivity index (χ1n) is 5.53. The highest BCUT2D eigenvalue weighted by molar-refractivity contribution is 6.12. The molecule has 3 N–H and O–H groups in total. The summed E-state index contributed by atoms with van der Waals surface area (Å²) < 4.78 is 0. The zero-order valence-corrected chi connectivity index (χ0v) is 11.4. The average Bonchev–Trinajstić information content (AvgIpc) is 2.29. The van der Waals surface area contributed by atoms with E-state index in [2.05, 4.69) is 16.9 Å². The highest BCUT2D eigenvalue weighted by atomic mass is 15.0. The molecule has 0 amide bonds. The number of nitrogens with one attached hydrogen (secondary N) is 1. The van der Waals surface area contributed by atoms with Crippen molar-refractivity contribution in [1.82, 2.24) is 5.32 Å². The van der Waals surface area contributed by atoms with Crippen LogP contribution in [0.5, 0.6) is 0 Å². The van der Waals surface area contributed by atoms with E-state index < -0.39 is 0 Å². The van der Waals surface area contributed by atoms with Crippen molar-refractivity contribution in [3.63, 3.8) is 0 Å². The van der Waals surface area contributed by atoms with Gasteiger partial charge in [-0.15, -0.1) is 0 Å². The van der Waals surface area contributed by atoms with Gasteiger partial charge in [-0.3, -0.25) is 4.99 Å². The van der Waals surface area contributed by atoms with Crippen molar-refractivity contribution >= 4 is 5.71 Å². The lowest BCUT2D eigenvalue weighted by molar-refractivity contribution is 0.941. The Morgan fingerprint density at radius 3 is 2.44 bits per heavy atom. The Hall–Kier alpha value is -2.28. The number of hydrogen-bond acceptors (Lipinski definition) is 4. The van der Waals surface area contributed by atoms with Crippen LogP contribution in [0, 0.1) is 11.3 Å². The minimum absolute atomic E-state index is 0.397. The van der Waals surface area contributed by atoms with E-state index in [0.29, 0.717) is 5.82 Å². The van der Waals surface area contributed by atoms with Crippen LogP contribution < -0.4 is 11.1 Å². The molecule has 0 atom stereocenters. The van der Waals surface area contributed by atoms with E-state index in [-0.39, 0.29) is 0 Å². The van der Waals surface area contributed by atoms with E-state index in [0.717, 1.165) is 22.6 Å². The molecule has 18 heavy (non-hydrogen) atoms. The van der Waals surface area contributed by atoms with Gasteiger partial charge in [0.15, 0.2) is 0 Å². The zero-order valence-electron chi connectivity index (χ0n) is 11.4. The van der Waals surface area contributed by atoms with Crippen molar-refractivity contribution in [1.29, 1.82) is 5.26 Å². The van der Waals surface area contributed by atoms with Crippen LogP contribution in [0.25, 0.3) is 0 Å². The number of nitrogens with two attached hydrogens (primary N) is 1. The molecule has 0 bridgehead atoms. The SMILES string of the molecule is C=C(N)N/C(C)=C(\C)C(=NC)/C(C)=C/C=C/C#N. The van der Waals surface area contributed by atoms with Crippen molar-refractivity contribution in [2.24, 2.45) is 10.7 Å². The second-order valence-electron chi connectivity index (χ2n) is 3.81. The lowest BCUT2D eigenvalue weighted by Crippen LogP contribution is -2.19. The van der Waals surface area contributed by atoms with Crippen LogP contribution in [0.3, 0.4) is 0 Å². The Labute approximate surface area is 109 Å². The van der Waals surface area contributed by atoms with Gasteiger partial charge in [0.25, 0.3) is 0 Å². The lowest BCUT2D eigenvalue weighted by atomic mass is 10.0. The Balaban J connectivity index is 5.24. The van der Waals surface area contributed by atoms with Crippen molar-refractivity contribution < 1.29 is 0 Å². The summed E-state index contributed by atoms with van der Waals surface area (Å²) in [5.74, 6) is 0.397. The molecule has 0 aliphatic rings. The zero-order chi connectivity index (χ0) is 14.1. The molecule has 0 heterocycles. The minimum Gasteiger partial charge on any atom is -0.386 e. The van der Waals surface area contributed by atoms with Crippen molar-refractivity contribution in [3.05, 3.63) is 47.5 Å². The van der Waals surface area contributed by atoms with Gasteiger partial charge in [0.05, 0.1) is 17.6 Å². The first-order chi connectivity index (χ1) is 8.43. The fraction of sp³-hybridized carbons (Fsp3) is 0.286. The van der Waals surface area contributed by atoms with Gasteiger partial charge in [-0.05, 0) is 31.9 Å². The van der Waals surface area contributed by atoms with Crippen LogP contribution in [-0.2, 0) is 0 Å². The smallest absolute Gasteiger partial charge is 0.0928 e. The van der Waals surface area contributed by atoms with E-state index in [4.69, 9.17) is 11.0 Å². The lowest BCUT2D eigenvalue weighted by Gasteiger charge is -2.12. The Morgan fingerprint density at radius 2 is 2.00 bits per heavy atom. The summed E-state index contributed by atoms with van der Waals surface area (Å²) in [6.45, 7) is 9.41. The second-order valence-corrected chi connectivity index (χ2v) is 3.81. The fourth-order valence-corrected chi connectivity index (χ4v) is 1.47. The van der Waals surface area contributed by atoms with Crippen LogP contribution in [0.4, 0.5) is 0 Å². The van der Waals surface area contributed by atoms with Gasteiger partial charge >= 0.3 is 0 Å². The van der Waals surface area contributed by atoms with Crippen LogP contribution in [-0.4, -0.2) is 12.8 Å². The van der Waals surface area contributed by atoms with Gasteiger partial charge in [-0.1, -0.05) is 18.7 Å². The molecule has 0 rings (SSSR count). The molecule has 0 aliphatic heterocycles. The summed E-state index contributed by atoms with van der Waals surface area (Å²) in [5, 5.41) is 11.4. The van der Waals surface area contributed by atoms with E-state index in [9.17, 15) is 0 Å². The molecule has 0 spiro atoms. The molecule has 0 unspecified atom stereocenters. The Morgan fingerprint density at radius 1 is 1.39 bits per heavy atom. The molecule has 0 aliphatic carbocycles. The summed E-state index contributed by atoms with van der Waals surface area (Å²) in [5.41, 5.74) is 9.24. The minimum atomic E-state index is 0.397. The van der Waals surface area contributed by atoms with E-state index in [1.807, 2.05) is 32.9 Å². The number of aliphatic imine (C=N–C) groups is 1. The molecule has 0 saturated heterocycles. The Kier molecular flexibility index (Phi) is 6.91. The number of nitriles is 1. The maximum absolute atomic E-state index is 8.43. The molecule has 0 aromatic heterocycles. The first kappa shape index (κ1) is 15.7. The van der Waals surface area contributed by atoms with E-state index >= 15 is 0 Å². The van der Waals surface area contributed by atoms with Crippen molar-refractivity contribution in [2.75, 3.05) is 7.05 Å². The summed E-state index contributed by atoms with van der Waals surface area (Å²) in [4.78, 5) is 4.26. The van der Waals surface area contributed by atoms with Gasteiger partial charge < -0.3 is 11.1 Å². The maximum atomic E-state index is 8.43. The Bertz CT molecular complexity index is 471. The molecule has 4 nitrogen and oxygen atoms in total. The van der Waals surface area contributed by atoms with E-state index in [1.165, 1.54) is 6.08 Å². The summed E-state index contributed by atoms with van der Waals surface area (Å²) in [6.07, 6.45) is 4.96. The largest absolute Gasteiger partial charge is 0.386 e. The number of hydrogen-bond donors (Lipinski definition) is 2. The molecule has 96 valence electrons. The summed E-state index contributed by atoms with van der Waals surface area (Å²) in [7, 11) is 1.73. The molecule has 0 fully saturated rings. The quantitative estimate of drug-likeness (QED) is 0.443. The standard InChI is InChI=1S/C14H20N4/c1-10(8-6-7-9-15)14(17-5)11(2)12(3)18-13(4)16/h6-8,18H,4,16H2,1-3,5H3/b7-6+,10-8+,12-11+,17-14?. The molecule has 0 aromatic rings. The number of rotatable bonds is 5. The van der Waals surface area contributed by atoms with Gasteiger partial charge in [0.2, 0.25) is 0 Å². The fourth-order valence-electron chi connectivity index (χ4n) is 1.47. The highest BCUT2D eigenvalue weighted by Crippen LogP contribution is 2.11. The third kappa shape index (κ3) is 5.17. The van der Waals surface area contributed by atoms with Crippen molar-refractivity contribution in [3.8, 4) is 6.07 Å². The first-order valence-corrected chi connectivity index (χ1v) is 5.53. The molecule has 0 aromatic carbocycles. The normalized spacial score (nSPS) is 14.2. The van der Waals surface area contributed by atoms with Crippen LogP contribution in [0.15, 0.2) is 52.5 Å². The summed E-state index contributed by atoms with van der Waals surface area (Å²) in [6, 6.07) is 1.94. The monoisotopic (exact) mass is 244 g/mol. The topological polar surface area (TPSA) is 74.2 Å². The summed E-state index contributed by atoms with van der Waals surface area (Å²) >= 11 is 0. The maximum Gasteiger partial charge on any atom is 0.0928 e. The van der Waals surface area contributed by atoms with Gasteiger partial charge in [0.1, 0.15) is 0 Å². The molecular formula is C14H20N4. The molecule has 0 radical (unpaired) electrons. The molecule has 0 saturated carbocycles. The predicted molar refractivity (Wildman–Crippen MR) is 76.7 cm³/mol. The number of nitrogens with zero attached hydrogens (tertiary/aromatic N) is 2. The third-order valence-corrected chi connectivity index (χ3v) is 2.38. The van der Waals surface area contributed by atoms with Gasteiger partial charge in [-0.25, -0.2) is 0 Å².